The minimum Gasteiger partial charge on any atom is -0.369 e. The molecule has 1 aliphatic carbocycles. The van der Waals surface area contributed by atoms with Crippen molar-refractivity contribution in [3.63, 3.8) is 0 Å². The Kier molecular flexibility index (Phi) is 7.39. The molecule has 4 rings (SSSR count). The van der Waals surface area contributed by atoms with E-state index in [1.165, 1.54) is 17.8 Å². The van der Waals surface area contributed by atoms with Crippen LogP contribution in [0.15, 0.2) is 52.0 Å². The summed E-state index contributed by atoms with van der Waals surface area (Å²) in [7, 11) is 0. The van der Waals surface area contributed by atoms with Gasteiger partial charge < -0.3 is 21.1 Å². The quantitative estimate of drug-likeness (QED) is 0.461. The predicted molar refractivity (Wildman–Crippen MR) is 121 cm³/mol. The number of benzene rings is 1. The van der Waals surface area contributed by atoms with Crippen molar-refractivity contribution in [1.82, 2.24) is 21.3 Å². The molecule has 1 aromatic rings. The van der Waals surface area contributed by atoms with Crippen LogP contribution in [-0.4, -0.2) is 47.7 Å². The second-order valence-corrected chi connectivity index (χ2v) is 8.94. The maximum atomic E-state index is 13.0. The van der Waals surface area contributed by atoms with Crippen molar-refractivity contribution in [2.75, 3.05) is 13.1 Å². The molecule has 5 N–H and O–H groups in total. The molecule has 166 valence electrons. The number of thioether (sulfide) groups is 1. The number of aliphatic hydroxyl groups excluding tert-OH is 1. The Morgan fingerprint density at radius 1 is 1.23 bits per heavy atom. The number of amides is 1. The summed E-state index contributed by atoms with van der Waals surface area (Å²) >= 11 is 1.01. The van der Waals surface area contributed by atoms with Gasteiger partial charge in [-0.3, -0.25) is 15.1 Å². The van der Waals surface area contributed by atoms with E-state index in [1.54, 1.807) is 6.08 Å². The fourth-order valence-electron chi connectivity index (χ4n) is 3.90. The van der Waals surface area contributed by atoms with Crippen molar-refractivity contribution in [3.05, 3.63) is 58.4 Å². The highest BCUT2D eigenvalue weighted by Crippen LogP contribution is 2.27. The first kappa shape index (κ1) is 22.0. The van der Waals surface area contributed by atoms with E-state index in [1.807, 2.05) is 18.2 Å². The van der Waals surface area contributed by atoms with Gasteiger partial charge in [-0.05, 0) is 80.3 Å². The van der Waals surface area contributed by atoms with Crippen molar-refractivity contribution in [3.8, 4) is 0 Å². The van der Waals surface area contributed by atoms with Gasteiger partial charge in [0.05, 0.1) is 0 Å². The molecule has 7 nitrogen and oxygen atoms in total. The maximum Gasteiger partial charge on any atom is 0.285 e. The van der Waals surface area contributed by atoms with Crippen molar-refractivity contribution in [1.29, 1.82) is 0 Å². The van der Waals surface area contributed by atoms with Gasteiger partial charge in [0.2, 0.25) is 0 Å². The van der Waals surface area contributed by atoms with Crippen LogP contribution in [0.5, 0.6) is 0 Å². The summed E-state index contributed by atoms with van der Waals surface area (Å²) in [6.07, 6.45) is 7.55. The minimum atomic E-state index is -0.939. The first-order valence-corrected chi connectivity index (χ1v) is 11.5. The average molecular weight is 446 g/mol. The van der Waals surface area contributed by atoms with Crippen LogP contribution in [0.4, 0.5) is 9.18 Å². The van der Waals surface area contributed by atoms with Gasteiger partial charge in [-0.15, -0.1) is 0 Å². The van der Waals surface area contributed by atoms with Gasteiger partial charge in [0.25, 0.3) is 5.24 Å². The molecule has 2 aliphatic heterocycles. The standard InChI is InChI=1S/C22H28FN5O2S/c23-15-3-1-14(2-4-15)9-11-24-16-5-7-17(8-6-16)26-21-25-12-10-18(27-21)13-19-20(29)28-22(30)31-19/h1-4,10,13,16,20-21,24-25,27,29H,5-9,11-12H2,(H,28,30)/b19-13-,26-17?. The van der Waals surface area contributed by atoms with E-state index in [9.17, 15) is 14.3 Å². The number of aliphatic hydroxyl groups is 1. The fourth-order valence-corrected chi connectivity index (χ4v) is 4.64. The number of nitrogens with zero attached hydrogens (tertiary/aromatic N) is 1. The lowest BCUT2D eigenvalue weighted by atomic mass is 9.93. The molecule has 1 saturated carbocycles. The smallest absolute Gasteiger partial charge is 0.285 e. The number of hydrogen-bond donors (Lipinski definition) is 5. The lowest BCUT2D eigenvalue weighted by Gasteiger charge is -2.27. The first-order valence-electron chi connectivity index (χ1n) is 10.7. The average Bonchev–Trinajstić information content (AvgIpc) is 3.07. The minimum absolute atomic E-state index is 0.195. The Hall–Kier alpha value is -2.20. The van der Waals surface area contributed by atoms with E-state index in [0.29, 0.717) is 17.5 Å². The Morgan fingerprint density at radius 3 is 2.71 bits per heavy atom. The number of halogens is 1. The number of aliphatic imine (C=N–C) groups is 1. The highest BCUT2D eigenvalue weighted by Gasteiger charge is 2.26. The Labute approximate surface area is 185 Å². The molecule has 0 spiro atoms. The maximum absolute atomic E-state index is 13.0. The summed E-state index contributed by atoms with van der Waals surface area (Å²) in [5, 5.41) is 22.3. The van der Waals surface area contributed by atoms with E-state index >= 15 is 0 Å². The monoisotopic (exact) mass is 445 g/mol. The molecule has 0 aromatic heterocycles. The Morgan fingerprint density at radius 2 is 2.00 bits per heavy atom. The van der Waals surface area contributed by atoms with Gasteiger partial charge >= 0.3 is 0 Å². The topological polar surface area (TPSA) is 97.8 Å². The van der Waals surface area contributed by atoms with E-state index in [-0.39, 0.29) is 17.3 Å². The number of rotatable bonds is 6. The van der Waals surface area contributed by atoms with Gasteiger partial charge in [-0.25, -0.2) is 4.39 Å². The zero-order valence-electron chi connectivity index (χ0n) is 17.2. The molecule has 3 aliphatic rings. The second-order valence-electron chi connectivity index (χ2n) is 7.90. The summed E-state index contributed by atoms with van der Waals surface area (Å²) in [5.41, 5.74) is 3.19. The molecule has 0 radical (unpaired) electrons. The molecule has 1 amide bonds. The SMILES string of the molecule is O=C1NC(O)/C(=C/C2=CCNC(N=C3CCC(NCCc4ccc(F)cc4)CC3)N2)S1. The van der Waals surface area contributed by atoms with Gasteiger partial charge in [0.15, 0.2) is 12.5 Å². The van der Waals surface area contributed by atoms with Crippen LogP contribution in [0, 0.1) is 5.82 Å². The van der Waals surface area contributed by atoms with Gasteiger partial charge in [0.1, 0.15) is 5.82 Å². The van der Waals surface area contributed by atoms with Crippen LogP contribution in [-0.2, 0) is 6.42 Å². The molecular formula is C22H28FN5O2S. The lowest BCUT2D eigenvalue weighted by Crippen LogP contribution is -2.45. The highest BCUT2D eigenvalue weighted by atomic mass is 32.2. The second kappa shape index (κ2) is 10.4. The number of carbonyl (C=O) groups excluding carboxylic acids is 1. The highest BCUT2D eigenvalue weighted by molar-refractivity contribution is 8.17. The number of nitrogens with one attached hydrogen (secondary N) is 4. The third kappa shape index (κ3) is 6.39. The number of allylic oxidation sites excluding steroid dienone is 1. The fraction of sp³-hybridized carbons (Fsp3) is 0.455. The summed E-state index contributed by atoms with van der Waals surface area (Å²) in [5.74, 6) is -0.195. The summed E-state index contributed by atoms with van der Waals surface area (Å²) < 4.78 is 13.0. The van der Waals surface area contributed by atoms with Gasteiger partial charge in [0, 0.05) is 28.9 Å². The largest absolute Gasteiger partial charge is 0.369 e. The molecule has 0 bridgehead atoms. The van der Waals surface area contributed by atoms with Gasteiger partial charge in [-0.2, -0.15) is 0 Å². The summed E-state index contributed by atoms with van der Waals surface area (Å²) in [6.45, 7) is 1.56. The molecule has 2 unspecified atom stereocenters. The first-order chi connectivity index (χ1) is 15.0. The van der Waals surface area contributed by atoms with Crippen LogP contribution in [0.2, 0.25) is 0 Å². The van der Waals surface area contributed by atoms with Crippen LogP contribution in [0.3, 0.4) is 0 Å². The van der Waals surface area contributed by atoms with Crippen molar-refractivity contribution >= 4 is 22.7 Å². The third-order valence-corrected chi connectivity index (χ3v) is 6.48. The molecule has 2 atom stereocenters. The lowest BCUT2D eigenvalue weighted by molar-refractivity contribution is 0.191. The van der Waals surface area contributed by atoms with Crippen LogP contribution in [0.25, 0.3) is 0 Å². The molecule has 31 heavy (non-hydrogen) atoms. The van der Waals surface area contributed by atoms with Crippen LogP contribution < -0.4 is 21.3 Å². The molecule has 1 aromatic carbocycles. The van der Waals surface area contributed by atoms with E-state index in [0.717, 1.165) is 61.7 Å². The summed E-state index contributed by atoms with van der Waals surface area (Å²) in [4.78, 5) is 16.8. The summed E-state index contributed by atoms with van der Waals surface area (Å²) in [6, 6.07) is 7.18. The molecule has 2 heterocycles. The zero-order valence-corrected chi connectivity index (χ0v) is 18.1. The van der Waals surface area contributed by atoms with Crippen molar-refractivity contribution in [2.45, 2.75) is 50.7 Å². The Bertz CT molecular complexity index is 876. The number of carbonyl (C=O) groups is 1. The normalized spacial score (nSPS) is 27.6. The predicted octanol–water partition coefficient (Wildman–Crippen LogP) is 2.36. The third-order valence-electron chi connectivity index (χ3n) is 5.60. The van der Waals surface area contributed by atoms with E-state index in [2.05, 4.69) is 21.3 Å². The molecule has 1 saturated heterocycles. The van der Waals surface area contributed by atoms with Gasteiger partial charge in [-0.1, -0.05) is 12.1 Å². The van der Waals surface area contributed by atoms with Crippen molar-refractivity contribution < 1.29 is 14.3 Å². The molecule has 9 heteroatoms. The Balaban J connectivity index is 1.21. The number of hydrogen-bond acceptors (Lipinski definition) is 7. The zero-order chi connectivity index (χ0) is 21.6. The molecular weight excluding hydrogens is 417 g/mol. The molecule has 2 fully saturated rings. The van der Waals surface area contributed by atoms with E-state index in [4.69, 9.17) is 4.99 Å². The van der Waals surface area contributed by atoms with Crippen LogP contribution in [0.1, 0.15) is 31.2 Å². The van der Waals surface area contributed by atoms with Crippen molar-refractivity contribution in [2.24, 2.45) is 4.99 Å². The van der Waals surface area contributed by atoms with E-state index < -0.39 is 6.23 Å². The van der Waals surface area contributed by atoms with Crippen LogP contribution >= 0.6 is 11.8 Å².